The molecule has 0 bridgehead atoms. The normalized spacial score (nSPS) is 10.7. The van der Waals surface area contributed by atoms with Gasteiger partial charge in [-0.3, -0.25) is 0 Å². The maximum absolute atomic E-state index is 6.00. The molecule has 2 N–H and O–H groups in total. The molecule has 0 saturated carbocycles. The third kappa shape index (κ3) is 2.78. The van der Waals surface area contributed by atoms with Gasteiger partial charge in [-0.15, -0.1) is 0 Å². The Morgan fingerprint density at radius 1 is 1.39 bits per heavy atom. The lowest BCUT2D eigenvalue weighted by atomic mass is 10.2. The van der Waals surface area contributed by atoms with Crippen LogP contribution in [0.4, 0.5) is 5.82 Å². The smallest absolute Gasteiger partial charge is 0.163 e. The molecule has 0 unspecified atom stereocenters. The minimum atomic E-state index is 0.504. The minimum absolute atomic E-state index is 0.504. The van der Waals surface area contributed by atoms with Gasteiger partial charge < -0.3 is 5.73 Å². The van der Waals surface area contributed by atoms with Gasteiger partial charge in [-0.2, -0.15) is 0 Å². The molecule has 0 aliphatic heterocycles. The molecule has 6 heteroatoms. The summed E-state index contributed by atoms with van der Waals surface area (Å²) in [5.74, 6) is 1.10. The first-order valence-corrected chi connectivity index (χ1v) is 7.55. The molecule has 0 aliphatic rings. The molecule has 0 radical (unpaired) electrons. The van der Waals surface area contributed by atoms with Crippen LogP contribution in [0.1, 0.15) is 12.6 Å². The summed E-state index contributed by atoms with van der Waals surface area (Å²) < 4.78 is 1.81. The average Bonchev–Trinajstić information content (AvgIpc) is 2.35. The first-order chi connectivity index (χ1) is 8.52. The molecular weight excluding hydrogens is 428 g/mol. The van der Waals surface area contributed by atoms with E-state index in [-0.39, 0.29) is 0 Å². The standard InChI is InChI=1S/C12H10BrClIN3/c1-2-9-10(15)11(16)18-12(17-9)7-5-6(14)3-4-8(7)13/h3-5H,2H2,1H3,(H2,16,17,18). The molecule has 0 fully saturated rings. The van der Waals surface area contributed by atoms with Gasteiger partial charge in [0.25, 0.3) is 0 Å². The third-order valence-corrected chi connectivity index (χ3v) is 4.55. The molecule has 1 aromatic carbocycles. The molecule has 94 valence electrons. The van der Waals surface area contributed by atoms with Crippen LogP contribution < -0.4 is 5.73 Å². The Morgan fingerprint density at radius 2 is 2.11 bits per heavy atom. The van der Waals surface area contributed by atoms with E-state index >= 15 is 0 Å². The van der Waals surface area contributed by atoms with Crippen molar-refractivity contribution in [2.75, 3.05) is 5.73 Å². The van der Waals surface area contributed by atoms with Crippen molar-refractivity contribution in [3.63, 3.8) is 0 Å². The molecule has 18 heavy (non-hydrogen) atoms. The van der Waals surface area contributed by atoms with Crippen molar-refractivity contribution in [2.45, 2.75) is 13.3 Å². The van der Waals surface area contributed by atoms with Gasteiger partial charge in [-0.1, -0.05) is 34.5 Å². The van der Waals surface area contributed by atoms with Crippen LogP contribution in [0, 0.1) is 3.57 Å². The lowest BCUT2D eigenvalue weighted by Crippen LogP contribution is -2.04. The van der Waals surface area contributed by atoms with Gasteiger partial charge in [0.2, 0.25) is 0 Å². The van der Waals surface area contributed by atoms with Crippen molar-refractivity contribution in [3.8, 4) is 11.4 Å². The highest BCUT2D eigenvalue weighted by Gasteiger charge is 2.12. The molecule has 3 nitrogen and oxygen atoms in total. The first kappa shape index (κ1) is 14.0. The number of nitrogens with two attached hydrogens (primary N) is 1. The lowest BCUT2D eigenvalue weighted by molar-refractivity contribution is 0.993. The Bertz CT molecular complexity index is 604. The van der Waals surface area contributed by atoms with E-state index in [4.69, 9.17) is 17.3 Å². The number of hydrogen-bond donors (Lipinski definition) is 1. The molecule has 0 amide bonds. The zero-order valence-electron chi connectivity index (χ0n) is 9.54. The summed E-state index contributed by atoms with van der Waals surface area (Å²) in [5.41, 5.74) is 7.71. The predicted molar refractivity (Wildman–Crippen MR) is 86.7 cm³/mol. The van der Waals surface area contributed by atoms with Gasteiger partial charge in [-0.25, -0.2) is 9.97 Å². The Hall–Kier alpha value is -0.400. The second kappa shape index (κ2) is 5.71. The quantitative estimate of drug-likeness (QED) is 0.711. The molecular formula is C12H10BrClIN3. The second-order valence-electron chi connectivity index (χ2n) is 3.67. The SMILES string of the molecule is CCc1nc(-c2cc(Cl)ccc2Br)nc(N)c1I. The third-order valence-electron chi connectivity index (χ3n) is 2.45. The average molecular weight is 438 g/mol. The van der Waals surface area contributed by atoms with Gasteiger partial charge >= 0.3 is 0 Å². The van der Waals surface area contributed by atoms with E-state index in [1.54, 1.807) is 0 Å². The van der Waals surface area contributed by atoms with Gasteiger partial charge in [0.15, 0.2) is 5.82 Å². The Labute approximate surface area is 132 Å². The molecule has 0 spiro atoms. The van der Waals surface area contributed by atoms with Gasteiger partial charge in [0.1, 0.15) is 5.82 Å². The molecule has 2 aromatic rings. The van der Waals surface area contributed by atoms with Crippen molar-refractivity contribution >= 4 is 55.9 Å². The van der Waals surface area contributed by atoms with Gasteiger partial charge in [0.05, 0.1) is 9.26 Å². The minimum Gasteiger partial charge on any atom is -0.383 e. The summed E-state index contributed by atoms with van der Waals surface area (Å²) in [4.78, 5) is 8.86. The number of nitrogens with zero attached hydrogens (tertiary/aromatic N) is 2. The summed E-state index contributed by atoms with van der Waals surface area (Å²) in [6.07, 6.45) is 0.816. The van der Waals surface area contributed by atoms with Crippen LogP contribution in [-0.2, 0) is 6.42 Å². The van der Waals surface area contributed by atoms with Crippen LogP contribution in [0.5, 0.6) is 0 Å². The number of aromatic nitrogens is 2. The molecule has 0 saturated heterocycles. The largest absolute Gasteiger partial charge is 0.383 e. The zero-order valence-corrected chi connectivity index (χ0v) is 14.0. The molecule has 0 aliphatic carbocycles. The highest BCUT2D eigenvalue weighted by atomic mass is 127. The maximum Gasteiger partial charge on any atom is 0.163 e. The summed E-state index contributed by atoms with van der Waals surface area (Å²) in [6.45, 7) is 2.04. The molecule has 1 heterocycles. The number of rotatable bonds is 2. The topological polar surface area (TPSA) is 51.8 Å². The Kier molecular flexibility index (Phi) is 4.45. The van der Waals surface area contributed by atoms with Crippen LogP contribution in [0.15, 0.2) is 22.7 Å². The van der Waals surface area contributed by atoms with Crippen molar-refractivity contribution in [1.82, 2.24) is 9.97 Å². The number of anilines is 1. The van der Waals surface area contributed by atoms with E-state index in [2.05, 4.69) is 48.5 Å². The fourth-order valence-corrected chi connectivity index (χ4v) is 2.76. The van der Waals surface area contributed by atoms with E-state index in [9.17, 15) is 0 Å². The van der Waals surface area contributed by atoms with Crippen molar-refractivity contribution in [3.05, 3.63) is 37.0 Å². The molecule has 2 rings (SSSR count). The predicted octanol–water partition coefficient (Wildman–Crippen LogP) is 4.31. The van der Waals surface area contributed by atoms with Gasteiger partial charge in [0, 0.05) is 15.1 Å². The highest BCUT2D eigenvalue weighted by molar-refractivity contribution is 14.1. The molecule has 0 atom stereocenters. The maximum atomic E-state index is 6.00. The summed E-state index contributed by atoms with van der Waals surface area (Å²) in [6, 6.07) is 5.51. The summed E-state index contributed by atoms with van der Waals surface area (Å²) >= 11 is 11.6. The van der Waals surface area contributed by atoms with E-state index in [0.717, 1.165) is 25.7 Å². The number of aryl methyl sites for hydroxylation is 1. The number of benzene rings is 1. The first-order valence-electron chi connectivity index (χ1n) is 5.30. The number of hydrogen-bond acceptors (Lipinski definition) is 3. The van der Waals surface area contributed by atoms with E-state index in [1.807, 2.05) is 25.1 Å². The van der Waals surface area contributed by atoms with Crippen molar-refractivity contribution < 1.29 is 0 Å². The summed E-state index contributed by atoms with van der Waals surface area (Å²) in [7, 11) is 0. The highest BCUT2D eigenvalue weighted by Crippen LogP contribution is 2.30. The van der Waals surface area contributed by atoms with Crippen LogP contribution in [0.3, 0.4) is 0 Å². The lowest BCUT2D eigenvalue weighted by Gasteiger charge is -2.09. The van der Waals surface area contributed by atoms with Crippen molar-refractivity contribution in [2.24, 2.45) is 0 Å². The monoisotopic (exact) mass is 437 g/mol. The van der Waals surface area contributed by atoms with Crippen LogP contribution in [0.25, 0.3) is 11.4 Å². The van der Waals surface area contributed by atoms with Gasteiger partial charge in [-0.05, 0) is 47.2 Å². The van der Waals surface area contributed by atoms with E-state index in [0.29, 0.717) is 16.7 Å². The fraction of sp³-hybridized carbons (Fsp3) is 0.167. The van der Waals surface area contributed by atoms with Crippen molar-refractivity contribution in [1.29, 1.82) is 0 Å². The zero-order chi connectivity index (χ0) is 13.3. The fourth-order valence-electron chi connectivity index (χ4n) is 1.54. The van der Waals surface area contributed by atoms with E-state index < -0.39 is 0 Å². The van der Waals surface area contributed by atoms with Crippen LogP contribution >= 0.6 is 50.1 Å². The summed E-state index contributed by atoms with van der Waals surface area (Å²) in [5, 5.41) is 0.645. The molecule has 1 aromatic heterocycles. The number of halogens is 3. The number of nitrogen functional groups attached to an aromatic ring is 1. The Balaban J connectivity index is 2.64. The van der Waals surface area contributed by atoms with E-state index in [1.165, 1.54) is 0 Å². The second-order valence-corrected chi connectivity index (χ2v) is 6.04. The Morgan fingerprint density at radius 3 is 2.78 bits per heavy atom. The van der Waals surface area contributed by atoms with Crippen LogP contribution in [-0.4, -0.2) is 9.97 Å². The van der Waals surface area contributed by atoms with Crippen LogP contribution in [0.2, 0.25) is 5.02 Å².